The maximum absolute atomic E-state index is 12.9. The topological polar surface area (TPSA) is 29.5 Å². The van der Waals surface area contributed by atoms with Crippen LogP contribution in [-0.4, -0.2) is 24.5 Å². The molecule has 3 nitrogen and oxygen atoms in total. The Hall–Kier alpha value is -1.98. The maximum atomic E-state index is 12.9. The van der Waals surface area contributed by atoms with Gasteiger partial charge in [0, 0.05) is 12.1 Å². The summed E-state index contributed by atoms with van der Waals surface area (Å²) < 4.78 is 43.8. The highest BCUT2D eigenvalue weighted by molar-refractivity contribution is 5.87. The number of likely N-dealkylation sites (tertiary alicyclic amines) is 1. The van der Waals surface area contributed by atoms with Crippen molar-refractivity contribution in [3.8, 4) is 5.75 Å². The highest BCUT2D eigenvalue weighted by Gasteiger charge is 2.35. The molecule has 114 valence electrons. The molecule has 0 saturated carbocycles. The predicted octanol–water partition coefficient (Wildman–Crippen LogP) is 3.56. The highest BCUT2D eigenvalue weighted by Crippen LogP contribution is 2.40. The zero-order valence-electron chi connectivity index (χ0n) is 11.6. The molecule has 1 heterocycles. The monoisotopic (exact) mass is 299 g/mol. The summed E-state index contributed by atoms with van der Waals surface area (Å²) in [6.07, 6.45) is -1.90. The van der Waals surface area contributed by atoms with Crippen LogP contribution in [0, 0.1) is 0 Å². The number of ether oxygens (including phenoxy) is 1. The Morgan fingerprint density at radius 2 is 2.19 bits per heavy atom. The van der Waals surface area contributed by atoms with E-state index in [1.807, 2.05) is 0 Å². The molecule has 0 aromatic heterocycles. The van der Waals surface area contributed by atoms with Crippen LogP contribution >= 0.6 is 0 Å². The van der Waals surface area contributed by atoms with Crippen molar-refractivity contribution >= 4 is 5.91 Å². The fourth-order valence-electron chi connectivity index (χ4n) is 2.64. The quantitative estimate of drug-likeness (QED) is 0.799. The van der Waals surface area contributed by atoms with Crippen molar-refractivity contribution in [2.24, 2.45) is 0 Å². The van der Waals surface area contributed by atoms with E-state index in [9.17, 15) is 18.0 Å². The molecule has 1 aliphatic heterocycles. The number of carbonyl (C=O) groups is 1. The molecule has 1 aromatic carbocycles. The first kappa shape index (κ1) is 15.4. The van der Waals surface area contributed by atoms with Gasteiger partial charge in [-0.2, -0.15) is 13.2 Å². The van der Waals surface area contributed by atoms with Gasteiger partial charge in [0.2, 0.25) is 5.91 Å². The van der Waals surface area contributed by atoms with Crippen LogP contribution < -0.4 is 4.74 Å². The molecule has 1 aromatic rings. The van der Waals surface area contributed by atoms with Gasteiger partial charge in [0.1, 0.15) is 5.75 Å². The Labute approximate surface area is 121 Å². The summed E-state index contributed by atoms with van der Waals surface area (Å²) in [4.78, 5) is 13.4. The van der Waals surface area contributed by atoms with Crippen LogP contribution in [-0.2, 0) is 11.0 Å². The molecule has 1 saturated heterocycles. The highest BCUT2D eigenvalue weighted by atomic mass is 19.4. The average molecular weight is 299 g/mol. The predicted molar refractivity (Wildman–Crippen MR) is 71.9 cm³/mol. The molecular formula is C15H16F3NO2. The van der Waals surface area contributed by atoms with E-state index in [1.54, 1.807) is 0 Å². The molecule has 1 fully saturated rings. The standard InChI is InChI=1S/C15H16F3NO2/c1-3-14(20)19-8-4-5-12(19)11-9-10(15(16,17)18)6-7-13(11)21-2/h3,6-7,9,12H,1,4-5,8H2,2H3. The fourth-order valence-corrected chi connectivity index (χ4v) is 2.64. The van der Waals surface area contributed by atoms with E-state index in [-0.39, 0.29) is 5.91 Å². The summed E-state index contributed by atoms with van der Waals surface area (Å²) in [5, 5.41) is 0. The number of carbonyl (C=O) groups excluding carboxylic acids is 1. The Balaban J connectivity index is 2.45. The van der Waals surface area contributed by atoms with Crippen molar-refractivity contribution < 1.29 is 22.7 Å². The second-order valence-electron chi connectivity index (χ2n) is 4.85. The second kappa shape index (κ2) is 5.79. The SMILES string of the molecule is C=CC(=O)N1CCCC1c1cc(C(F)(F)F)ccc1OC. The van der Waals surface area contributed by atoms with Crippen LogP contribution in [0.15, 0.2) is 30.9 Å². The third-order valence-corrected chi connectivity index (χ3v) is 3.63. The largest absolute Gasteiger partial charge is 0.496 e. The molecule has 6 heteroatoms. The smallest absolute Gasteiger partial charge is 0.416 e. The van der Waals surface area contributed by atoms with Gasteiger partial charge in [-0.1, -0.05) is 6.58 Å². The third kappa shape index (κ3) is 3.04. The van der Waals surface area contributed by atoms with E-state index in [1.165, 1.54) is 24.2 Å². The van der Waals surface area contributed by atoms with Gasteiger partial charge < -0.3 is 9.64 Å². The van der Waals surface area contributed by atoms with Gasteiger partial charge in [-0.15, -0.1) is 0 Å². The second-order valence-corrected chi connectivity index (χ2v) is 4.85. The van der Waals surface area contributed by atoms with Gasteiger partial charge in [-0.3, -0.25) is 4.79 Å². The summed E-state index contributed by atoms with van der Waals surface area (Å²) in [5.41, 5.74) is -0.351. The number of methoxy groups -OCH3 is 1. The molecule has 2 rings (SSSR count). The van der Waals surface area contributed by atoms with Crippen molar-refractivity contribution in [2.75, 3.05) is 13.7 Å². The van der Waals surface area contributed by atoms with Crippen molar-refractivity contribution in [2.45, 2.75) is 25.1 Å². The van der Waals surface area contributed by atoms with Crippen LogP contribution in [0.3, 0.4) is 0 Å². The number of benzene rings is 1. The van der Waals surface area contributed by atoms with E-state index in [0.29, 0.717) is 24.3 Å². The molecule has 0 bridgehead atoms. The zero-order chi connectivity index (χ0) is 15.6. The van der Waals surface area contributed by atoms with Crippen LogP contribution in [0.5, 0.6) is 5.75 Å². The number of alkyl halides is 3. The van der Waals surface area contributed by atoms with E-state index in [0.717, 1.165) is 18.6 Å². The number of hydrogen-bond donors (Lipinski definition) is 0. The van der Waals surface area contributed by atoms with E-state index < -0.39 is 17.8 Å². The molecule has 0 radical (unpaired) electrons. The first-order valence-electron chi connectivity index (χ1n) is 6.56. The lowest BCUT2D eigenvalue weighted by molar-refractivity contribution is -0.137. The van der Waals surface area contributed by atoms with Crippen molar-refractivity contribution in [1.29, 1.82) is 0 Å². The van der Waals surface area contributed by atoms with Gasteiger partial charge in [0.15, 0.2) is 0 Å². The van der Waals surface area contributed by atoms with Crippen molar-refractivity contribution in [3.63, 3.8) is 0 Å². The molecule has 0 spiro atoms. The van der Waals surface area contributed by atoms with Crippen LogP contribution in [0.1, 0.15) is 30.0 Å². The summed E-state index contributed by atoms with van der Waals surface area (Å²) in [7, 11) is 1.40. The first-order valence-corrected chi connectivity index (χ1v) is 6.56. The minimum Gasteiger partial charge on any atom is -0.496 e. The summed E-state index contributed by atoms with van der Waals surface area (Å²) in [6.45, 7) is 3.94. The lowest BCUT2D eigenvalue weighted by Gasteiger charge is -2.26. The normalized spacial score (nSPS) is 18.7. The lowest BCUT2D eigenvalue weighted by Crippen LogP contribution is -2.29. The average Bonchev–Trinajstić information content (AvgIpc) is 2.94. The fraction of sp³-hybridized carbons (Fsp3) is 0.400. The molecule has 1 atom stereocenters. The zero-order valence-corrected chi connectivity index (χ0v) is 11.6. The Bertz CT molecular complexity index is 554. The Kier molecular flexibility index (Phi) is 4.25. The number of nitrogens with zero attached hydrogens (tertiary/aromatic N) is 1. The Morgan fingerprint density at radius 1 is 1.48 bits per heavy atom. The molecule has 0 N–H and O–H groups in total. The minimum absolute atomic E-state index is 0.281. The van der Waals surface area contributed by atoms with Crippen LogP contribution in [0.25, 0.3) is 0 Å². The van der Waals surface area contributed by atoms with Gasteiger partial charge in [0.05, 0.1) is 18.7 Å². The number of hydrogen-bond acceptors (Lipinski definition) is 2. The number of amides is 1. The van der Waals surface area contributed by atoms with Gasteiger partial charge in [0.25, 0.3) is 0 Å². The van der Waals surface area contributed by atoms with Gasteiger partial charge in [-0.25, -0.2) is 0 Å². The summed E-state index contributed by atoms with van der Waals surface area (Å²) in [5.74, 6) is 0.0775. The molecule has 21 heavy (non-hydrogen) atoms. The van der Waals surface area contributed by atoms with Crippen LogP contribution in [0.4, 0.5) is 13.2 Å². The summed E-state index contributed by atoms with van der Waals surface area (Å²) >= 11 is 0. The van der Waals surface area contributed by atoms with Crippen LogP contribution in [0.2, 0.25) is 0 Å². The first-order chi connectivity index (χ1) is 9.88. The summed E-state index contributed by atoms with van der Waals surface area (Å²) in [6, 6.07) is 2.94. The number of rotatable bonds is 3. The van der Waals surface area contributed by atoms with Gasteiger partial charge >= 0.3 is 6.18 Å². The van der Waals surface area contributed by atoms with E-state index >= 15 is 0 Å². The third-order valence-electron chi connectivity index (χ3n) is 3.63. The van der Waals surface area contributed by atoms with Gasteiger partial charge in [-0.05, 0) is 37.1 Å². The number of halogens is 3. The minimum atomic E-state index is -4.42. The molecule has 1 unspecified atom stereocenters. The molecule has 1 aliphatic rings. The molecule has 0 aliphatic carbocycles. The lowest BCUT2D eigenvalue weighted by atomic mass is 10.00. The van der Waals surface area contributed by atoms with E-state index in [2.05, 4.69) is 6.58 Å². The maximum Gasteiger partial charge on any atom is 0.416 e. The van der Waals surface area contributed by atoms with Crippen molar-refractivity contribution in [1.82, 2.24) is 4.90 Å². The van der Waals surface area contributed by atoms with Crippen molar-refractivity contribution in [3.05, 3.63) is 42.0 Å². The Morgan fingerprint density at radius 3 is 2.76 bits per heavy atom. The van der Waals surface area contributed by atoms with E-state index in [4.69, 9.17) is 4.74 Å². The molecular weight excluding hydrogens is 283 g/mol. The molecule has 1 amide bonds.